The van der Waals surface area contributed by atoms with E-state index in [0.29, 0.717) is 11.5 Å². The van der Waals surface area contributed by atoms with Crippen molar-refractivity contribution < 1.29 is 27.0 Å². The molecule has 5 heteroatoms. The number of aliphatic imine (C=N–C) groups is 2. The maximum Gasteiger partial charge on any atom is 0.128 e. The van der Waals surface area contributed by atoms with Crippen molar-refractivity contribution in [3.8, 4) is 11.5 Å². The van der Waals surface area contributed by atoms with Crippen LogP contribution in [0.2, 0.25) is 0 Å². The standard InChI is InChI=1S/C33H48N2O2.Co/c1-21-15-22(29(36)25(16-21)32(5,6)7)19-34-27-13-11-12-14-28(27)35-20-23-17-24(31(2,3)4)18-26(30(23)37)33(8,9)10;/h15-20,27-28,36-37H,11-14H2,1-10H3;/t27-,28-;/m0./s1. The first-order valence-electron chi connectivity index (χ1n) is 13.8. The molecule has 0 heterocycles. The fourth-order valence-electron chi connectivity index (χ4n) is 5.03. The van der Waals surface area contributed by atoms with E-state index in [2.05, 4.69) is 87.4 Å². The Kier molecular flexibility index (Phi) is 10.1. The molecular weight excluding hydrogens is 515 g/mol. The largest absolute Gasteiger partial charge is 0.507 e. The van der Waals surface area contributed by atoms with Crippen LogP contribution in [0.5, 0.6) is 11.5 Å². The third-order valence-corrected chi connectivity index (χ3v) is 7.41. The monoisotopic (exact) mass is 563 g/mol. The van der Waals surface area contributed by atoms with E-state index in [1.54, 1.807) is 0 Å². The number of nitrogens with zero attached hydrogens (tertiary/aromatic N) is 2. The van der Waals surface area contributed by atoms with Crippen LogP contribution in [0.1, 0.15) is 121 Å². The molecule has 1 fully saturated rings. The fraction of sp³-hybridized carbons (Fsp3) is 0.576. The van der Waals surface area contributed by atoms with Crippen molar-refractivity contribution >= 4 is 12.4 Å². The number of hydrogen-bond acceptors (Lipinski definition) is 4. The second kappa shape index (κ2) is 12.0. The molecule has 1 aliphatic carbocycles. The zero-order chi connectivity index (χ0) is 27.8. The van der Waals surface area contributed by atoms with Gasteiger partial charge in [-0.1, -0.05) is 87.3 Å². The predicted octanol–water partition coefficient (Wildman–Crippen LogP) is 8.15. The van der Waals surface area contributed by atoms with E-state index in [4.69, 9.17) is 9.98 Å². The summed E-state index contributed by atoms with van der Waals surface area (Å²) >= 11 is 0. The van der Waals surface area contributed by atoms with E-state index in [9.17, 15) is 10.2 Å². The van der Waals surface area contributed by atoms with Crippen LogP contribution >= 0.6 is 0 Å². The number of benzene rings is 2. The maximum absolute atomic E-state index is 11.2. The number of aryl methyl sites for hydroxylation is 1. The minimum absolute atomic E-state index is 0. The smallest absolute Gasteiger partial charge is 0.128 e. The van der Waals surface area contributed by atoms with Crippen LogP contribution < -0.4 is 0 Å². The molecule has 0 amide bonds. The molecule has 3 rings (SSSR count). The number of hydrogen-bond donors (Lipinski definition) is 2. The van der Waals surface area contributed by atoms with Crippen molar-refractivity contribution in [3.05, 3.63) is 57.6 Å². The van der Waals surface area contributed by atoms with Crippen LogP contribution in [0.15, 0.2) is 34.3 Å². The third-order valence-electron chi connectivity index (χ3n) is 7.41. The molecular formula is C33H48CoN2O2. The van der Waals surface area contributed by atoms with Gasteiger partial charge in [0.15, 0.2) is 0 Å². The molecule has 0 unspecified atom stereocenters. The van der Waals surface area contributed by atoms with Crippen LogP contribution in [-0.4, -0.2) is 34.7 Å². The van der Waals surface area contributed by atoms with Gasteiger partial charge in [0.1, 0.15) is 11.5 Å². The van der Waals surface area contributed by atoms with E-state index in [1.807, 2.05) is 18.5 Å². The summed E-state index contributed by atoms with van der Waals surface area (Å²) in [4.78, 5) is 9.94. The van der Waals surface area contributed by atoms with Gasteiger partial charge in [-0.2, -0.15) is 0 Å². The molecule has 211 valence electrons. The van der Waals surface area contributed by atoms with Crippen LogP contribution in [0.3, 0.4) is 0 Å². The van der Waals surface area contributed by atoms with Crippen molar-refractivity contribution in [2.75, 3.05) is 0 Å². The molecule has 0 aliphatic heterocycles. The molecule has 4 nitrogen and oxygen atoms in total. The van der Waals surface area contributed by atoms with Crippen molar-refractivity contribution in [2.24, 2.45) is 9.98 Å². The molecule has 2 atom stereocenters. The van der Waals surface area contributed by atoms with Crippen molar-refractivity contribution in [2.45, 2.75) is 123 Å². The van der Waals surface area contributed by atoms with Crippen molar-refractivity contribution in [1.82, 2.24) is 0 Å². The Bertz CT molecular complexity index is 1180. The molecule has 2 aromatic rings. The quantitative estimate of drug-likeness (QED) is 0.369. The summed E-state index contributed by atoms with van der Waals surface area (Å²) in [6, 6.07) is 8.38. The normalized spacial score (nSPS) is 19.2. The van der Waals surface area contributed by atoms with Gasteiger partial charge in [0.05, 0.1) is 12.1 Å². The fourth-order valence-corrected chi connectivity index (χ4v) is 5.03. The first kappa shape index (κ1) is 32.1. The summed E-state index contributed by atoms with van der Waals surface area (Å²) in [5.74, 6) is 0.635. The summed E-state index contributed by atoms with van der Waals surface area (Å²) < 4.78 is 0. The third kappa shape index (κ3) is 7.72. The van der Waals surface area contributed by atoms with Crippen LogP contribution in [0, 0.1) is 6.92 Å². The Hall–Kier alpha value is -2.11. The topological polar surface area (TPSA) is 65.2 Å². The van der Waals surface area contributed by atoms with Gasteiger partial charge in [0, 0.05) is 51.5 Å². The second-order valence-corrected chi connectivity index (χ2v) is 13.9. The molecule has 0 bridgehead atoms. The minimum atomic E-state index is -0.173. The summed E-state index contributed by atoms with van der Waals surface area (Å²) in [5.41, 5.74) is 5.39. The minimum Gasteiger partial charge on any atom is -0.507 e. The average molecular weight is 564 g/mol. The van der Waals surface area contributed by atoms with E-state index >= 15 is 0 Å². The predicted molar refractivity (Wildman–Crippen MR) is 158 cm³/mol. The Morgan fingerprint density at radius 2 is 1.08 bits per heavy atom. The van der Waals surface area contributed by atoms with Gasteiger partial charge in [0.2, 0.25) is 0 Å². The summed E-state index contributed by atoms with van der Waals surface area (Å²) in [6.45, 7) is 21.4. The number of phenolic OH excluding ortho intramolecular Hbond substituents is 2. The van der Waals surface area contributed by atoms with Gasteiger partial charge in [-0.25, -0.2) is 0 Å². The maximum atomic E-state index is 11.2. The Labute approximate surface area is 241 Å². The molecule has 1 saturated carbocycles. The number of aromatic hydroxyl groups is 2. The van der Waals surface area contributed by atoms with E-state index < -0.39 is 0 Å². The van der Waals surface area contributed by atoms with Crippen LogP contribution in [0.4, 0.5) is 0 Å². The van der Waals surface area contributed by atoms with Crippen LogP contribution in [-0.2, 0) is 33.0 Å². The molecule has 0 aromatic heterocycles. The SMILES string of the molecule is Cc1cc(C=N[C@H]2CCCC[C@@H]2N=Cc2cc(C(C)(C)C)cc(C(C)(C)C)c2O)c(O)c(C(C)(C)C)c1.[Co]. The van der Waals surface area contributed by atoms with Gasteiger partial charge in [-0.05, 0) is 59.3 Å². The van der Waals surface area contributed by atoms with Gasteiger partial charge < -0.3 is 10.2 Å². The molecule has 1 radical (unpaired) electrons. The van der Waals surface area contributed by atoms with Crippen molar-refractivity contribution in [3.63, 3.8) is 0 Å². The van der Waals surface area contributed by atoms with Gasteiger partial charge >= 0.3 is 0 Å². The van der Waals surface area contributed by atoms with E-state index in [1.165, 1.54) is 5.56 Å². The van der Waals surface area contributed by atoms with Crippen molar-refractivity contribution in [1.29, 1.82) is 0 Å². The first-order chi connectivity index (χ1) is 17.0. The van der Waals surface area contributed by atoms with Gasteiger partial charge in [-0.3, -0.25) is 9.98 Å². The Morgan fingerprint density at radius 3 is 1.50 bits per heavy atom. The molecule has 2 aromatic carbocycles. The summed E-state index contributed by atoms with van der Waals surface area (Å²) in [7, 11) is 0. The van der Waals surface area contributed by atoms with E-state index in [-0.39, 0.29) is 45.1 Å². The Morgan fingerprint density at radius 1 is 0.658 bits per heavy atom. The van der Waals surface area contributed by atoms with Crippen LogP contribution in [0.25, 0.3) is 0 Å². The average Bonchev–Trinajstić information content (AvgIpc) is 2.77. The Balaban J connectivity index is 0.00000507. The zero-order valence-corrected chi connectivity index (χ0v) is 26.1. The summed E-state index contributed by atoms with van der Waals surface area (Å²) in [6.07, 6.45) is 7.89. The number of rotatable bonds is 4. The van der Waals surface area contributed by atoms with E-state index in [0.717, 1.165) is 53.5 Å². The van der Waals surface area contributed by atoms with Gasteiger partial charge in [-0.15, -0.1) is 0 Å². The molecule has 0 saturated heterocycles. The molecule has 1 aliphatic rings. The van der Waals surface area contributed by atoms with Gasteiger partial charge in [0.25, 0.3) is 0 Å². The zero-order valence-electron chi connectivity index (χ0n) is 25.1. The molecule has 2 N–H and O–H groups in total. The summed E-state index contributed by atoms with van der Waals surface area (Å²) in [5, 5.41) is 22.1. The first-order valence-corrected chi connectivity index (χ1v) is 13.8. The molecule has 0 spiro atoms. The second-order valence-electron chi connectivity index (χ2n) is 13.9. The number of phenols is 2. The molecule has 38 heavy (non-hydrogen) atoms.